The van der Waals surface area contributed by atoms with Gasteiger partial charge >= 0.3 is 97.4 Å². The van der Waals surface area contributed by atoms with Crippen LogP contribution in [0.4, 0.5) is 0 Å². The maximum Gasteiger partial charge on any atom is 1.00 e. The maximum absolute atomic E-state index is 7.50. The molecule has 19 heavy (non-hydrogen) atoms. The smallest absolute Gasteiger partial charge is 0 e. The average molecular weight is 314 g/mol. The SMILES string of the molecule is C1CCOC1.[C-]#[O+].[C-]#[O+].[C-]#[O+].[C-]#[O+].[C-]#[O+].[C-]#[O+].[Na+].[V]. The number of rotatable bonds is 0. The van der Waals surface area contributed by atoms with Crippen LogP contribution in [0, 0.1) is 39.9 Å². The van der Waals surface area contributed by atoms with Gasteiger partial charge in [-0.15, -0.1) is 0 Å². The van der Waals surface area contributed by atoms with Gasteiger partial charge in [-0.05, 0) is 12.8 Å². The van der Waals surface area contributed by atoms with Gasteiger partial charge in [0.2, 0.25) is 0 Å². The summed E-state index contributed by atoms with van der Waals surface area (Å²) in [5.41, 5.74) is 0. The van der Waals surface area contributed by atoms with Gasteiger partial charge in [0.1, 0.15) is 0 Å². The third kappa shape index (κ3) is 185. The topological polar surface area (TPSA) is 129 Å². The molecular formula is C10H8NaO7V+. The Balaban J connectivity index is -0.0000000130. The molecule has 7 nitrogen and oxygen atoms in total. The first kappa shape index (κ1) is 50.9. The molecule has 1 saturated heterocycles. The van der Waals surface area contributed by atoms with Crippen molar-refractivity contribution in [3.05, 3.63) is 39.9 Å². The third-order valence-electron chi connectivity index (χ3n) is 0.827. The molecule has 1 fully saturated rings. The number of hydrogen-bond donors (Lipinski definition) is 0. The Hall–Kier alpha value is -0.0156. The fourth-order valence-electron chi connectivity index (χ4n) is 0.510. The molecule has 0 spiro atoms. The van der Waals surface area contributed by atoms with Crippen LogP contribution in [0.15, 0.2) is 0 Å². The van der Waals surface area contributed by atoms with Gasteiger partial charge < -0.3 is 4.74 Å². The zero-order valence-electron chi connectivity index (χ0n) is 10.1. The van der Waals surface area contributed by atoms with E-state index < -0.39 is 0 Å². The van der Waals surface area contributed by atoms with Crippen LogP contribution >= 0.6 is 0 Å². The van der Waals surface area contributed by atoms with Crippen molar-refractivity contribution >= 4 is 0 Å². The van der Waals surface area contributed by atoms with Crippen LogP contribution in [0.1, 0.15) is 12.8 Å². The predicted octanol–water partition coefficient (Wildman–Crippen LogP) is -2.43. The van der Waals surface area contributed by atoms with Gasteiger partial charge in [0.05, 0.1) is 0 Å². The summed E-state index contributed by atoms with van der Waals surface area (Å²) in [5, 5.41) is 0. The fourth-order valence-corrected chi connectivity index (χ4v) is 0.510. The fraction of sp³-hybridized carbons (Fsp3) is 0.400. The van der Waals surface area contributed by atoms with Crippen molar-refractivity contribution in [2.45, 2.75) is 12.8 Å². The second-order valence-electron chi connectivity index (χ2n) is 1.32. The first-order valence-corrected chi connectivity index (χ1v) is 3.30. The van der Waals surface area contributed by atoms with E-state index in [1.807, 2.05) is 0 Å². The Labute approximate surface area is 146 Å². The number of ether oxygens (including phenoxy) is 1. The van der Waals surface area contributed by atoms with Crippen LogP contribution in [0.3, 0.4) is 0 Å². The second kappa shape index (κ2) is 209. The Bertz CT molecular complexity index is 149. The van der Waals surface area contributed by atoms with Crippen molar-refractivity contribution in [2.24, 2.45) is 0 Å². The summed E-state index contributed by atoms with van der Waals surface area (Å²) in [4.78, 5) is 0. The molecule has 0 aromatic rings. The normalized spacial score (nSPS) is 6.95. The summed E-state index contributed by atoms with van der Waals surface area (Å²) in [5.74, 6) is 0. The molecule has 0 saturated carbocycles. The first-order valence-electron chi connectivity index (χ1n) is 3.30. The predicted molar refractivity (Wildman–Crippen MR) is 43.6 cm³/mol. The van der Waals surface area contributed by atoms with Gasteiger partial charge in [0, 0.05) is 31.8 Å². The molecule has 1 aliphatic heterocycles. The Morgan fingerprint density at radius 3 is 0.737 bits per heavy atom. The second-order valence-corrected chi connectivity index (χ2v) is 1.32. The van der Waals surface area contributed by atoms with Crippen LogP contribution in [0.5, 0.6) is 0 Å². The maximum atomic E-state index is 7.50. The first-order chi connectivity index (χ1) is 8.50. The van der Waals surface area contributed by atoms with Crippen molar-refractivity contribution in [2.75, 3.05) is 13.2 Å². The molecule has 0 aliphatic carbocycles. The van der Waals surface area contributed by atoms with E-state index in [1.54, 1.807) is 0 Å². The molecule has 0 aromatic carbocycles. The molecule has 0 atom stereocenters. The summed E-state index contributed by atoms with van der Waals surface area (Å²) >= 11 is 0. The molecule has 1 rings (SSSR count). The van der Waals surface area contributed by atoms with Crippen LogP contribution < -0.4 is 29.6 Å². The Morgan fingerprint density at radius 2 is 0.684 bits per heavy atom. The summed E-state index contributed by atoms with van der Waals surface area (Å²) in [6.07, 6.45) is 2.56. The molecule has 0 aromatic heterocycles. The molecule has 1 radical (unpaired) electrons. The van der Waals surface area contributed by atoms with E-state index in [0.717, 1.165) is 13.2 Å². The van der Waals surface area contributed by atoms with Crippen molar-refractivity contribution < 1.29 is 80.8 Å². The summed E-state index contributed by atoms with van der Waals surface area (Å²) in [6.45, 7) is 29.0. The molecule has 0 N–H and O–H groups in total. The van der Waals surface area contributed by atoms with E-state index >= 15 is 0 Å². The van der Waals surface area contributed by atoms with Crippen LogP contribution in [0.25, 0.3) is 0 Å². The van der Waals surface area contributed by atoms with Gasteiger partial charge in [0.25, 0.3) is 0 Å². The zero-order valence-corrected chi connectivity index (χ0v) is 13.5. The van der Waals surface area contributed by atoms with Gasteiger partial charge in [-0.25, -0.2) is 0 Å². The summed E-state index contributed by atoms with van der Waals surface area (Å²) in [7, 11) is 0. The summed E-state index contributed by atoms with van der Waals surface area (Å²) in [6, 6.07) is 0. The molecule has 0 unspecified atom stereocenters. The minimum atomic E-state index is 0. The molecule has 0 amide bonds. The molecule has 95 valence electrons. The van der Waals surface area contributed by atoms with E-state index in [-0.39, 0.29) is 48.1 Å². The van der Waals surface area contributed by atoms with Crippen molar-refractivity contribution in [3.63, 3.8) is 0 Å². The average Bonchev–Trinajstić information content (AvgIpc) is 3.10. The van der Waals surface area contributed by atoms with Crippen LogP contribution in [-0.2, 0) is 51.2 Å². The third-order valence-corrected chi connectivity index (χ3v) is 0.827. The molecule has 1 aliphatic rings. The molecule has 0 bridgehead atoms. The van der Waals surface area contributed by atoms with Gasteiger partial charge in [-0.1, -0.05) is 0 Å². The van der Waals surface area contributed by atoms with E-state index in [2.05, 4.69) is 39.9 Å². The number of hydrogen-bond acceptors (Lipinski definition) is 1. The van der Waals surface area contributed by atoms with Gasteiger partial charge in [-0.3, -0.25) is 0 Å². The van der Waals surface area contributed by atoms with Crippen molar-refractivity contribution in [1.29, 1.82) is 0 Å². The van der Waals surface area contributed by atoms with Gasteiger partial charge in [0.15, 0.2) is 0 Å². The minimum Gasteiger partial charge on any atom is 0 e. The monoisotopic (exact) mass is 314 g/mol. The zero-order chi connectivity index (χ0) is 15.5. The van der Waals surface area contributed by atoms with Crippen molar-refractivity contribution in [3.8, 4) is 0 Å². The standard InChI is InChI=1S/C4H8O.6CO.Na.V/c1-2-4-5-3-1;6*1-2;;/h1-4H2;;;;;;;;/q;;;;;;;+1;. The van der Waals surface area contributed by atoms with E-state index in [4.69, 9.17) is 32.6 Å². The van der Waals surface area contributed by atoms with Crippen LogP contribution in [0.2, 0.25) is 0 Å². The van der Waals surface area contributed by atoms with Crippen molar-refractivity contribution in [1.82, 2.24) is 0 Å². The van der Waals surface area contributed by atoms with E-state index in [0.29, 0.717) is 0 Å². The quantitative estimate of drug-likeness (QED) is 0.275. The van der Waals surface area contributed by atoms with E-state index in [1.165, 1.54) is 12.8 Å². The summed E-state index contributed by atoms with van der Waals surface area (Å²) < 4.78 is 49.9. The minimum absolute atomic E-state index is 0. The largest absolute Gasteiger partial charge is 1.00 e. The van der Waals surface area contributed by atoms with Gasteiger partial charge in [-0.2, -0.15) is 0 Å². The molecule has 9 heteroatoms. The van der Waals surface area contributed by atoms with E-state index in [9.17, 15) is 0 Å². The molecule has 1 heterocycles. The Kier molecular flexibility index (Phi) is 559. The molecular weight excluding hydrogens is 306 g/mol. The van der Waals surface area contributed by atoms with Crippen LogP contribution in [-0.4, -0.2) is 13.2 Å². The Morgan fingerprint density at radius 1 is 0.526 bits per heavy atom.